The lowest BCUT2D eigenvalue weighted by Crippen LogP contribution is -2.48. The van der Waals surface area contributed by atoms with Crippen LogP contribution in [0.5, 0.6) is 11.5 Å². The second kappa shape index (κ2) is 8.93. The summed E-state index contributed by atoms with van der Waals surface area (Å²) in [7, 11) is -3.60. The number of piperazine rings is 1. The van der Waals surface area contributed by atoms with E-state index < -0.39 is 10.0 Å². The quantitative estimate of drug-likeness (QED) is 0.585. The summed E-state index contributed by atoms with van der Waals surface area (Å²) in [6.07, 6.45) is 2.51. The lowest BCUT2D eigenvalue weighted by molar-refractivity contribution is 0.168. The summed E-state index contributed by atoms with van der Waals surface area (Å²) in [4.78, 5) is 6.77. The van der Waals surface area contributed by atoms with Gasteiger partial charge < -0.3 is 13.9 Å². The molecule has 0 bridgehead atoms. The first-order valence-electron chi connectivity index (χ1n) is 10.7. The molecule has 0 unspecified atom stereocenters. The average molecular weight is 456 g/mol. The molecular weight excluding hydrogens is 430 g/mol. The van der Waals surface area contributed by atoms with Gasteiger partial charge in [0.1, 0.15) is 0 Å². The number of hydrogen-bond donors (Lipinski definition) is 0. The molecule has 0 radical (unpaired) electrons. The molecule has 5 rings (SSSR count). The Labute approximate surface area is 187 Å². The van der Waals surface area contributed by atoms with Gasteiger partial charge in [0.2, 0.25) is 15.9 Å². The Bertz CT molecular complexity index is 1170. The summed E-state index contributed by atoms with van der Waals surface area (Å²) in [5.41, 5.74) is 0.984. The Balaban J connectivity index is 1.22. The van der Waals surface area contributed by atoms with E-state index in [9.17, 15) is 8.42 Å². The van der Waals surface area contributed by atoms with E-state index in [0.29, 0.717) is 63.3 Å². The molecule has 9 heteroatoms. The zero-order valence-corrected chi connectivity index (χ0v) is 18.5. The Hall–Kier alpha value is -2.88. The molecule has 8 nitrogen and oxygen atoms in total. The number of aromatic nitrogens is 1. The monoisotopic (exact) mass is 455 g/mol. The van der Waals surface area contributed by atoms with Gasteiger partial charge in [-0.25, -0.2) is 13.4 Å². The highest BCUT2D eigenvalue weighted by atomic mass is 32.2. The molecule has 0 amide bonds. The number of sulfonamides is 1. The van der Waals surface area contributed by atoms with Crippen molar-refractivity contribution in [2.75, 3.05) is 39.4 Å². The molecule has 3 heterocycles. The van der Waals surface area contributed by atoms with Crippen LogP contribution in [0.25, 0.3) is 11.3 Å². The van der Waals surface area contributed by atoms with Gasteiger partial charge in [-0.2, -0.15) is 4.31 Å². The number of ether oxygens (including phenoxy) is 2. The van der Waals surface area contributed by atoms with Gasteiger partial charge in [-0.15, -0.1) is 0 Å². The van der Waals surface area contributed by atoms with E-state index in [4.69, 9.17) is 13.9 Å². The summed E-state index contributed by atoms with van der Waals surface area (Å²) in [5.74, 6) is 2.44. The molecule has 2 aliphatic rings. The fourth-order valence-electron chi connectivity index (χ4n) is 3.89. The molecule has 0 N–H and O–H groups in total. The van der Waals surface area contributed by atoms with Gasteiger partial charge in [0.15, 0.2) is 17.3 Å². The van der Waals surface area contributed by atoms with Crippen molar-refractivity contribution in [1.29, 1.82) is 0 Å². The first-order chi connectivity index (χ1) is 15.6. The van der Waals surface area contributed by atoms with Crippen LogP contribution in [0, 0.1) is 0 Å². The van der Waals surface area contributed by atoms with Gasteiger partial charge in [-0.1, -0.05) is 30.3 Å². The number of hydrogen-bond acceptors (Lipinski definition) is 7. The van der Waals surface area contributed by atoms with Crippen LogP contribution in [0.3, 0.4) is 0 Å². The van der Waals surface area contributed by atoms with Crippen molar-refractivity contribution >= 4 is 10.0 Å². The van der Waals surface area contributed by atoms with Crippen LogP contribution in [0.15, 0.2) is 64.0 Å². The topological polar surface area (TPSA) is 85.1 Å². The van der Waals surface area contributed by atoms with Crippen molar-refractivity contribution in [1.82, 2.24) is 14.2 Å². The molecule has 2 aromatic carbocycles. The predicted molar refractivity (Wildman–Crippen MR) is 118 cm³/mol. The van der Waals surface area contributed by atoms with E-state index in [1.165, 1.54) is 4.31 Å². The van der Waals surface area contributed by atoms with Gasteiger partial charge in [0, 0.05) is 44.2 Å². The van der Waals surface area contributed by atoms with Crippen LogP contribution in [-0.2, 0) is 16.6 Å². The van der Waals surface area contributed by atoms with Crippen molar-refractivity contribution in [3.63, 3.8) is 0 Å². The molecular formula is C23H25N3O5S. The molecule has 1 aromatic heterocycles. The Morgan fingerprint density at radius 2 is 1.66 bits per heavy atom. The standard InChI is InChI=1S/C23H25N3O5S/c27-32(28,19-7-8-20-21(15-19)30-14-4-13-29-20)26-11-9-25(10-12-26)17-23-24-16-22(31-23)18-5-2-1-3-6-18/h1-3,5-8,15-16H,4,9-14,17H2. The van der Waals surface area contributed by atoms with Crippen LogP contribution >= 0.6 is 0 Å². The van der Waals surface area contributed by atoms with Gasteiger partial charge >= 0.3 is 0 Å². The summed E-state index contributed by atoms with van der Waals surface area (Å²) < 4.78 is 45.0. The van der Waals surface area contributed by atoms with Gasteiger partial charge in [-0.05, 0) is 12.1 Å². The highest BCUT2D eigenvalue weighted by Gasteiger charge is 2.30. The largest absolute Gasteiger partial charge is 0.490 e. The van der Waals surface area contributed by atoms with Crippen LogP contribution in [0.2, 0.25) is 0 Å². The number of rotatable bonds is 5. The van der Waals surface area contributed by atoms with E-state index >= 15 is 0 Å². The maximum Gasteiger partial charge on any atom is 0.243 e. The van der Waals surface area contributed by atoms with Crippen molar-refractivity contribution in [3.05, 3.63) is 60.6 Å². The average Bonchev–Trinajstić information content (AvgIpc) is 3.16. The van der Waals surface area contributed by atoms with E-state index in [0.717, 1.165) is 17.7 Å². The minimum Gasteiger partial charge on any atom is -0.490 e. The fourth-order valence-corrected chi connectivity index (χ4v) is 5.33. The third-order valence-electron chi connectivity index (χ3n) is 5.66. The molecule has 168 valence electrons. The Morgan fingerprint density at radius 3 is 2.44 bits per heavy atom. The fraction of sp³-hybridized carbons (Fsp3) is 0.348. The maximum absolute atomic E-state index is 13.2. The lowest BCUT2D eigenvalue weighted by atomic mass is 10.2. The zero-order valence-electron chi connectivity index (χ0n) is 17.6. The summed E-state index contributed by atoms with van der Waals surface area (Å²) in [6.45, 7) is 3.65. The molecule has 0 atom stereocenters. The van der Waals surface area contributed by atoms with Gasteiger partial charge in [0.25, 0.3) is 0 Å². The van der Waals surface area contributed by atoms with Crippen LogP contribution in [0.4, 0.5) is 0 Å². The number of nitrogens with zero attached hydrogens (tertiary/aromatic N) is 3. The summed E-state index contributed by atoms with van der Waals surface area (Å²) in [6, 6.07) is 14.7. The van der Waals surface area contributed by atoms with Crippen LogP contribution in [0.1, 0.15) is 12.3 Å². The highest BCUT2D eigenvalue weighted by molar-refractivity contribution is 7.89. The molecule has 0 saturated carbocycles. The predicted octanol–water partition coefficient (Wildman–Crippen LogP) is 3.01. The smallest absolute Gasteiger partial charge is 0.243 e. The first kappa shape index (κ1) is 21.0. The molecule has 32 heavy (non-hydrogen) atoms. The third-order valence-corrected chi connectivity index (χ3v) is 7.55. The van der Waals surface area contributed by atoms with Gasteiger partial charge in [-0.3, -0.25) is 4.90 Å². The van der Waals surface area contributed by atoms with Crippen LogP contribution < -0.4 is 9.47 Å². The normalized spacial score (nSPS) is 17.8. The van der Waals surface area contributed by atoms with Crippen molar-refractivity contribution in [3.8, 4) is 22.8 Å². The van der Waals surface area contributed by atoms with Crippen molar-refractivity contribution < 1.29 is 22.3 Å². The molecule has 0 spiro atoms. The molecule has 1 saturated heterocycles. The molecule has 2 aliphatic heterocycles. The second-order valence-corrected chi connectivity index (χ2v) is 9.76. The highest BCUT2D eigenvalue weighted by Crippen LogP contribution is 2.33. The zero-order chi connectivity index (χ0) is 22.0. The Kier molecular flexibility index (Phi) is 5.86. The first-order valence-corrected chi connectivity index (χ1v) is 12.2. The minimum absolute atomic E-state index is 0.232. The third kappa shape index (κ3) is 4.36. The van der Waals surface area contributed by atoms with Crippen molar-refractivity contribution in [2.24, 2.45) is 0 Å². The van der Waals surface area contributed by atoms with E-state index in [-0.39, 0.29) is 4.90 Å². The van der Waals surface area contributed by atoms with E-state index in [1.807, 2.05) is 30.3 Å². The maximum atomic E-state index is 13.2. The summed E-state index contributed by atoms with van der Waals surface area (Å²) in [5, 5.41) is 0. The molecule has 1 fully saturated rings. The molecule has 0 aliphatic carbocycles. The number of oxazole rings is 1. The number of fused-ring (bicyclic) bond motifs is 1. The Morgan fingerprint density at radius 1 is 0.906 bits per heavy atom. The van der Waals surface area contributed by atoms with E-state index in [1.54, 1.807) is 24.4 Å². The SMILES string of the molecule is O=S(=O)(c1ccc2c(c1)OCCCO2)N1CCN(Cc2ncc(-c3ccccc3)o2)CC1. The van der Waals surface area contributed by atoms with Crippen molar-refractivity contribution in [2.45, 2.75) is 17.9 Å². The number of benzene rings is 2. The molecule has 3 aromatic rings. The van der Waals surface area contributed by atoms with Crippen LogP contribution in [-0.4, -0.2) is 62.0 Å². The van der Waals surface area contributed by atoms with Gasteiger partial charge in [0.05, 0.1) is 30.9 Å². The lowest BCUT2D eigenvalue weighted by Gasteiger charge is -2.33. The summed E-state index contributed by atoms with van der Waals surface area (Å²) >= 11 is 0. The second-order valence-electron chi connectivity index (χ2n) is 7.82. The van der Waals surface area contributed by atoms with E-state index in [2.05, 4.69) is 9.88 Å². The minimum atomic E-state index is -3.60.